The van der Waals surface area contributed by atoms with E-state index in [1.807, 2.05) is 6.07 Å². The number of nitrogens with zero attached hydrogens (tertiary/aromatic N) is 1. The molecule has 0 spiro atoms. The Morgan fingerprint density at radius 1 is 0.967 bits per heavy atom. The van der Waals surface area contributed by atoms with Crippen molar-refractivity contribution in [3.05, 3.63) is 95.6 Å². The van der Waals surface area contributed by atoms with Crippen molar-refractivity contribution in [1.82, 2.24) is 4.98 Å². The van der Waals surface area contributed by atoms with E-state index in [1.165, 1.54) is 31.4 Å². The number of pyridine rings is 1. The highest BCUT2D eigenvalue weighted by atomic mass is 19.1. The second-order valence-corrected chi connectivity index (χ2v) is 6.62. The van der Waals surface area contributed by atoms with Crippen molar-refractivity contribution in [3.8, 4) is 17.0 Å². The summed E-state index contributed by atoms with van der Waals surface area (Å²) in [4.78, 5) is 17.4. The minimum Gasteiger partial charge on any atom is -0.494 e. The molecule has 0 unspecified atom stereocenters. The quantitative estimate of drug-likeness (QED) is 0.409. The fourth-order valence-electron chi connectivity index (χ4n) is 3.14. The van der Waals surface area contributed by atoms with Gasteiger partial charge in [0.25, 0.3) is 0 Å². The van der Waals surface area contributed by atoms with Crippen molar-refractivity contribution in [1.29, 1.82) is 0 Å². The number of ether oxygens (including phenoxy) is 2. The van der Waals surface area contributed by atoms with Gasteiger partial charge in [-0.15, -0.1) is 0 Å². The zero-order valence-electron chi connectivity index (χ0n) is 16.1. The third kappa shape index (κ3) is 3.98. The Morgan fingerprint density at radius 3 is 2.47 bits per heavy atom. The lowest BCUT2D eigenvalue weighted by molar-refractivity contribution is 0.0474. The van der Waals surface area contributed by atoms with Crippen LogP contribution in [0.2, 0.25) is 0 Å². The van der Waals surface area contributed by atoms with E-state index >= 15 is 0 Å². The van der Waals surface area contributed by atoms with Crippen molar-refractivity contribution in [2.75, 3.05) is 7.11 Å². The standard InChI is InChI=1S/C24H17F2NO3/c1-29-23-11-6-15(12-20(23)26)14-30-24(28)19-13-22(16-7-9-17(25)10-8-16)27-21-5-3-2-4-18(19)21/h2-13H,14H2,1H3. The summed E-state index contributed by atoms with van der Waals surface area (Å²) in [7, 11) is 1.38. The molecule has 0 fully saturated rings. The average Bonchev–Trinajstić information content (AvgIpc) is 2.77. The molecule has 0 amide bonds. The van der Waals surface area contributed by atoms with Crippen LogP contribution < -0.4 is 4.74 Å². The van der Waals surface area contributed by atoms with Gasteiger partial charge in [-0.25, -0.2) is 18.6 Å². The number of aromatic nitrogens is 1. The van der Waals surface area contributed by atoms with Gasteiger partial charge in [0.15, 0.2) is 11.6 Å². The third-order valence-electron chi connectivity index (χ3n) is 4.66. The van der Waals surface area contributed by atoms with Crippen LogP contribution in [0.15, 0.2) is 72.8 Å². The van der Waals surface area contributed by atoms with Crippen LogP contribution in [0.25, 0.3) is 22.2 Å². The second-order valence-electron chi connectivity index (χ2n) is 6.62. The van der Waals surface area contributed by atoms with Gasteiger partial charge in [0.2, 0.25) is 0 Å². The summed E-state index contributed by atoms with van der Waals surface area (Å²) in [5, 5.41) is 0.634. The molecule has 1 heterocycles. The van der Waals surface area contributed by atoms with Crippen molar-refractivity contribution in [2.45, 2.75) is 6.61 Å². The van der Waals surface area contributed by atoms with Gasteiger partial charge < -0.3 is 9.47 Å². The van der Waals surface area contributed by atoms with Gasteiger partial charge in [-0.1, -0.05) is 24.3 Å². The topological polar surface area (TPSA) is 48.4 Å². The Bertz CT molecular complexity index is 1220. The molecule has 0 atom stereocenters. The summed E-state index contributed by atoms with van der Waals surface area (Å²) in [6.45, 7) is -0.0950. The maximum Gasteiger partial charge on any atom is 0.339 e. The zero-order valence-corrected chi connectivity index (χ0v) is 16.1. The molecule has 30 heavy (non-hydrogen) atoms. The summed E-state index contributed by atoms with van der Waals surface area (Å²) >= 11 is 0. The predicted octanol–water partition coefficient (Wildman–Crippen LogP) is 5.55. The number of esters is 1. The number of halogens is 2. The van der Waals surface area contributed by atoms with Gasteiger partial charge in [0, 0.05) is 10.9 Å². The highest BCUT2D eigenvalue weighted by Crippen LogP contribution is 2.26. The van der Waals surface area contributed by atoms with Gasteiger partial charge in [0.05, 0.1) is 23.9 Å². The number of hydrogen-bond acceptors (Lipinski definition) is 4. The first-order valence-corrected chi connectivity index (χ1v) is 9.20. The van der Waals surface area contributed by atoms with Crippen LogP contribution in [0.3, 0.4) is 0 Å². The van der Waals surface area contributed by atoms with Gasteiger partial charge in [-0.05, 0) is 54.1 Å². The summed E-state index contributed by atoms with van der Waals surface area (Å²) in [5.74, 6) is -1.33. The number of benzene rings is 3. The van der Waals surface area contributed by atoms with Crippen LogP contribution >= 0.6 is 0 Å². The molecule has 4 nitrogen and oxygen atoms in total. The molecule has 4 aromatic rings. The second kappa shape index (κ2) is 8.29. The van der Waals surface area contributed by atoms with E-state index in [0.29, 0.717) is 33.3 Å². The number of rotatable bonds is 5. The first kappa shape index (κ1) is 19.5. The van der Waals surface area contributed by atoms with Crippen LogP contribution in [-0.4, -0.2) is 18.1 Å². The summed E-state index contributed by atoms with van der Waals surface area (Å²) in [6.07, 6.45) is 0. The highest BCUT2D eigenvalue weighted by molar-refractivity contribution is 6.04. The Labute approximate surface area is 171 Å². The Balaban J connectivity index is 1.65. The highest BCUT2D eigenvalue weighted by Gasteiger charge is 2.16. The largest absolute Gasteiger partial charge is 0.494 e. The van der Waals surface area contributed by atoms with Gasteiger partial charge in [0.1, 0.15) is 12.4 Å². The van der Waals surface area contributed by atoms with E-state index in [4.69, 9.17) is 9.47 Å². The molecule has 0 aliphatic heterocycles. The van der Waals surface area contributed by atoms with Crippen LogP contribution in [-0.2, 0) is 11.3 Å². The summed E-state index contributed by atoms with van der Waals surface area (Å²) < 4.78 is 37.5. The maximum atomic E-state index is 13.9. The van der Waals surface area contributed by atoms with Crippen molar-refractivity contribution < 1.29 is 23.0 Å². The average molecular weight is 405 g/mol. The minimum atomic E-state index is -0.562. The molecule has 0 N–H and O–H groups in total. The molecule has 4 rings (SSSR count). The lowest BCUT2D eigenvalue weighted by atomic mass is 10.0. The van der Waals surface area contributed by atoms with E-state index in [1.54, 1.807) is 42.5 Å². The van der Waals surface area contributed by atoms with E-state index in [9.17, 15) is 13.6 Å². The smallest absolute Gasteiger partial charge is 0.339 e. The number of carbonyl (C=O) groups is 1. The number of carbonyl (C=O) groups excluding carboxylic acids is 1. The molecule has 150 valence electrons. The molecule has 6 heteroatoms. The summed E-state index contributed by atoms with van der Waals surface area (Å²) in [5.41, 5.74) is 2.64. The molecular weight excluding hydrogens is 388 g/mol. The SMILES string of the molecule is COc1ccc(COC(=O)c2cc(-c3ccc(F)cc3)nc3ccccc23)cc1F. The molecule has 1 aromatic heterocycles. The fraction of sp³-hybridized carbons (Fsp3) is 0.0833. The van der Waals surface area contributed by atoms with Gasteiger partial charge in [-0.2, -0.15) is 0 Å². The number of methoxy groups -OCH3 is 1. The number of hydrogen-bond donors (Lipinski definition) is 0. The molecule has 0 aliphatic rings. The predicted molar refractivity (Wildman–Crippen MR) is 109 cm³/mol. The van der Waals surface area contributed by atoms with E-state index in [0.717, 1.165) is 0 Å². The van der Waals surface area contributed by atoms with Crippen LogP contribution in [0.4, 0.5) is 8.78 Å². The van der Waals surface area contributed by atoms with Crippen LogP contribution in [0.5, 0.6) is 5.75 Å². The summed E-state index contributed by atoms with van der Waals surface area (Å²) in [6, 6.07) is 19.0. The van der Waals surface area contributed by atoms with Gasteiger partial charge >= 0.3 is 5.97 Å². The van der Waals surface area contributed by atoms with E-state index in [2.05, 4.69) is 4.98 Å². The van der Waals surface area contributed by atoms with Crippen LogP contribution in [0.1, 0.15) is 15.9 Å². The van der Waals surface area contributed by atoms with Crippen molar-refractivity contribution in [3.63, 3.8) is 0 Å². The molecule has 0 radical (unpaired) electrons. The molecule has 0 saturated heterocycles. The maximum absolute atomic E-state index is 13.9. The minimum absolute atomic E-state index is 0.0950. The van der Waals surface area contributed by atoms with E-state index in [-0.39, 0.29) is 18.2 Å². The van der Waals surface area contributed by atoms with Crippen molar-refractivity contribution >= 4 is 16.9 Å². The fourth-order valence-corrected chi connectivity index (χ4v) is 3.14. The zero-order chi connectivity index (χ0) is 21.1. The lowest BCUT2D eigenvalue weighted by Crippen LogP contribution is -2.07. The van der Waals surface area contributed by atoms with Crippen LogP contribution in [0, 0.1) is 11.6 Å². The molecular formula is C24H17F2NO3. The number of fused-ring (bicyclic) bond motifs is 1. The third-order valence-corrected chi connectivity index (χ3v) is 4.66. The van der Waals surface area contributed by atoms with Gasteiger partial charge in [-0.3, -0.25) is 0 Å². The van der Waals surface area contributed by atoms with E-state index < -0.39 is 11.8 Å². The molecule has 0 bridgehead atoms. The van der Waals surface area contributed by atoms with Crippen molar-refractivity contribution in [2.24, 2.45) is 0 Å². The Kier molecular flexibility index (Phi) is 5.39. The Morgan fingerprint density at radius 2 is 1.73 bits per heavy atom. The molecule has 0 saturated carbocycles. The first-order chi connectivity index (χ1) is 14.5. The first-order valence-electron chi connectivity index (χ1n) is 9.20. The molecule has 0 aliphatic carbocycles. The Hall–Kier alpha value is -3.80. The lowest BCUT2D eigenvalue weighted by Gasteiger charge is -2.11. The number of para-hydroxylation sites is 1. The normalized spacial score (nSPS) is 10.8. The molecule has 3 aromatic carbocycles. The monoisotopic (exact) mass is 405 g/mol.